The van der Waals surface area contributed by atoms with Crippen molar-refractivity contribution in [2.45, 2.75) is 33.1 Å². The molecule has 5 heteroatoms. The Morgan fingerprint density at radius 3 is 2.53 bits per heavy atom. The Morgan fingerprint density at radius 2 is 2.12 bits per heavy atom. The molecule has 0 spiro atoms. The minimum absolute atomic E-state index is 0.0596. The predicted molar refractivity (Wildman–Crippen MR) is 66.8 cm³/mol. The zero-order valence-corrected chi connectivity index (χ0v) is 11.0. The molecule has 0 aliphatic rings. The molecule has 0 saturated carbocycles. The van der Waals surface area contributed by atoms with E-state index in [4.69, 9.17) is 4.74 Å². The minimum atomic E-state index is -0.555. The normalized spacial score (nSPS) is 11.1. The van der Waals surface area contributed by atoms with Gasteiger partial charge in [-0.1, -0.05) is 27.4 Å². The zero-order valence-electron chi connectivity index (χ0n) is 11.0. The fraction of sp³-hybridized carbons (Fsp3) is 0.500. The third-order valence-corrected chi connectivity index (χ3v) is 2.15. The van der Waals surface area contributed by atoms with Crippen LogP contribution in [0.4, 0.5) is 10.6 Å². The molecule has 1 rings (SSSR count). The molecular formula is C12H19N3O2. The van der Waals surface area contributed by atoms with E-state index in [0.29, 0.717) is 11.6 Å². The molecule has 0 aliphatic carbocycles. The summed E-state index contributed by atoms with van der Waals surface area (Å²) in [5, 5.41) is 6.95. The van der Waals surface area contributed by atoms with Gasteiger partial charge in [-0.3, -0.25) is 10.00 Å². The summed E-state index contributed by atoms with van der Waals surface area (Å²) in [7, 11) is 1.77. The van der Waals surface area contributed by atoms with Gasteiger partial charge in [0.1, 0.15) is 5.82 Å². The van der Waals surface area contributed by atoms with Gasteiger partial charge >= 0.3 is 6.09 Å². The number of nitrogens with zero attached hydrogens (tertiary/aromatic N) is 2. The van der Waals surface area contributed by atoms with Gasteiger partial charge in [-0.25, -0.2) is 4.79 Å². The minimum Gasteiger partial charge on any atom is -0.416 e. The molecule has 0 fully saturated rings. The van der Waals surface area contributed by atoms with Crippen LogP contribution in [-0.2, 0) is 17.2 Å². The van der Waals surface area contributed by atoms with Crippen LogP contribution in [0.15, 0.2) is 18.4 Å². The maximum absolute atomic E-state index is 11.4. The number of ether oxygens (including phenoxy) is 1. The lowest BCUT2D eigenvalue weighted by Crippen LogP contribution is -2.14. The average molecular weight is 237 g/mol. The predicted octanol–water partition coefficient (Wildman–Crippen LogP) is 2.80. The smallest absolute Gasteiger partial charge is 0.416 e. The topological polar surface area (TPSA) is 56.1 Å². The van der Waals surface area contributed by atoms with E-state index >= 15 is 0 Å². The molecule has 0 aliphatic heterocycles. The molecule has 1 heterocycles. The average Bonchev–Trinajstić information content (AvgIpc) is 2.45. The zero-order chi connectivity index (χ0) is 13.2. The number of amides is 1. The standard InChI is InChI=1S/C12H19N3O2/c1-8(2)17-11(16)13-10-7-9(12(3,4)5)14-15(10)6/h7H,1H2,2-6H3,(H,13,16). The highest BCUT2D eigenvalue weighted by Gasteiger charge is 2.19. The molecule has 0 radical (unpaired) electrons. The van der Waals surface area contributed by atoms with E-state index < -0.39 is 6.09 Å². The molecule has 0 unspecified atom stereocenters. The van der Waals surface area contributed by atoms with Crippen molar-refractivity contribution in [3.63, 3.8) is 0 Å². The number of nitrogens with one attached hydrogen (secondary N) is 1. The molecule has 1 amide bonds. The molecule has 0 saturated heterocycles. The summed E-state index contributed by atoms with van der Waals surface area (Å²) >= 11 is 0. The second kappa shape index (κ2) is 4.61. The number of rotatable bonds is 2. The number of anilines is 1. The Morgan fingerprint density at radius 1 is 1.53 bits per heavy atom. The van der Waals surface area contributed by atoms with Crippen molar-refractivity contribution in [1.29, 1.82) is 0 Å². The van der Waals surface area contributed by atoms with Gasteiger partial charge < -0.3 is 4.74 Å². The number of carbonyl (C=O) groups is 1. The Balaban J connectivity index is 2.82. The summed E-state index contributed by atoms with van der Waals surface area (Å²) in [6.45, 7) is 11.3. The highest BCUT2D eigenvalue weighted by atomic mass is 16.6. The van der Waals surface area contributed by atoms with Gasteiger partial charge in [-0.05, 0) is 6.92 Å². The first-order valence-electron chi connectivity index (χ1n) is 5.39. The second-order valence-corrected chi connectivity index (χ2v) is 5.00. The maximum atomic E-state index is 11.4. The molecular weight excluding hydrogens is 218 g/mol. The lowest BCUT2D eigenvalue weighted by molar-refractivity contribution is 0.192. The lowest BCUT2D eigenvalue weighted by atomic mass is 9.92. The van der Waals surface area contributed by atoms with E-state index in [2.05, 4.69) is 37.8 Å². The van der Waals surface area contributed by atoms with Crippen molar-refractivity contribution < 1.29 is 9.53 Å². The van der Waals surface area contributed by atoms with Gasteiger partial charge in [0.15, 0.2) is 0 Å². The first kappa shape index (κ1) is 13.3. The van der Waals surface area contributed by atoms with Crippen LogP contribution < -0.4 is 5.32 Å². The lowest BCUT2D eigenvalue weighted by Gasteiger charge is -2.13. The highest BCUT2D eigenvalue weighted by molar-refractivity contribution is 5.84. The van der Waals surface area contributed by atoms with Crippen LogP contribution in [0.25, 0.3) is 0 Å². The van der Waals surface area contributed by atoms with E-state index in [9.17, 15) is 4.79 Å². The monoisotopic (exact) mass is 237 g/mol. The molecule has 0 atom stereocenters. The summed E-state index contributed by atoms with van der Waals surface area (Å²) in [5.74, 6) is 0.946. The number of hydrogen-bond acceptors (Lipinski definition) is 3. The van der Waals surface area contributed by atoms with Gasteiger partial charge in [-0.15, -0.1) is 0 Å². The van der Waals surface area contributed by atoms with E-state index in [1.807, 2.05) is 6.07 Å². The van der Waals surface area contributed by atoms with Crippen molar-refractivity contribution in [3.8, 4) is 0 Å². The summed E-state index contributed by atoms with van der Waals surface area (Å²) in [5.41, 5.74) is 0.848. The number of aromatic nitrogens is 2. The van der Waals surface area contributed by atoms with Crippen molar-refractivity contribution in [3.05, 3.63) is 24.1 Å². The van der Waals surface area contributed by atoms with E-state index in [1.54, 1.807) is 18.7 Å². The van der Waals surface area contributed by atoms with Crippen LogP contribution in [0.1, 0.15) is 33.4 Å². The summed E-state index contributed by atoms with van der Waals surface area (Å²) in [4.78, 5) is 11.4. The summed E-state index contributed by atoms with van der Waals surface area (Å²) < 4.78 is 6.43. The van der Waals surface area contributed by atoms with Gasteiger partial charge in [0.2, 0.25) is 0 Å². The quantitative estimate of drug-likeness (QED) is 0.805. The maximum Gasteiger partial charge on any atom is 0.417 e. The molecule has 1 aromatic heterocycles. The van der Waals surface area contributed by atoms with Crippen LogP contribution in [0, 0.1) is 0 Å². The van der Waals surface area contributed by atoms with Crippen LogP contribution >= 0.6 is 0 Å². The number of allylic oxidation sites excluding steroid dienone is 1. The molecule has 1 aromatic rings. The van der Waals surface area contributed by atoms with Crippen molar-refractivity contribution in [1.82, 2.24) is 9.78 Å². The Labute approximate surface area is 101 Å². The SMILES string of the molecule is C=C(C)OC(=O)Nc1cc(C(C)(C)C)nn1C. The number of hydrogen-bond donors (Lipinski definition) is 1. The molecule has 1 N–H and O–H groups in total. The van der Waals surface area contributed by atoms with Crippen LogP contribution in [0.5, 0.6) is 0 Å². The van der Waals surface area contributed by atoms with Gasteiger partial charge in [-0.2, -0.15) is 5.10 Å². The molecule has 17 heavy (non-hydrogen) atoms. The number of carbonyl (C=O) groups excluding carboxylic acids is 1. The largest absolute Gasteiger partial charge is 0.417 e. The number of aryl methyl sites for hydroxylation is 1. The van der Waals surface area contributed by atoms with Gasteiger partial charge in [0.05, 0.1) is 11.5 Å². The fourth-order valence-electron chi connectivity index (χ4n) is 1.24. The summed E-state index contributed by atoms with van der Waals surface area (Å²) in [6, 6.07) is 1.83. The van der Waals surface area contributed by atoms with E-state index in [0.717, 1.165) is 5.69 Å². The van der Waals surface area contributed by atoms with E-state index in [1.165, 1.54) is 0 Å². The Bertz CT molecular complexity index is 441. The van der Waals surface area contributed by atoms with Crippen LogP contribution in [0.2, 0.25) is 0 Å². The Kier molecular flexibility index (Phi) is 3.60. The second-order valence-electron chi connectivity index (χ2n) is 5.00. The molecule has 5 nitrogen and oxygen atoms in total. The van der Waals surface area contributed by atoms with Crippen LogP contribution in [0.3, 0.4) is 0 Å². The first-order valence-corrected chi connectivity index (χ1v) is 5.39. The van der Waals surface area contributed by atoms with Crippen LogP contribution in [-0.4, -0.2) is 15.9 Å². The first-order chi connectivity index (χ1) is 7.70. The molecule has 94 valence electrons. The van der Waals surface area contributed by atoms with Gasteiger partial charge in [0.25, 0.3) is 0 Å². The molecule has 0 aromatic carbocycles. The van der Waals surface area contributed by atoms with E-state index in [-0.39, 0.29) is 5.41 Å². The Hall–Kier alpha value is -1.78. The summed E-state index contributed by atoms with van der Waals surface area (Å²) in [6.07, 6.45) is -0.555. The third-order valence-electron chi connectivity index (χ3n) is 2.15. The van der Waals surface area contributed by atoms with Crippen molar-refractivity contribution >= 4 is 11.9 Å². The fourth-order valence-corrected chi connectivity index (χ4v) is 1.24. The van der Waals surface area contributed by atoms with Crippen molar-refractivity contribution in [2.75, 3.05) is 5.32 Å². The molecule has 0 bridgehead atoms. The van der Waals surface area contributed by atoms with Gasteiger partial charge in [0, 0.05) is 18.5 Å². The highest BCUT2D eigenvalue weighted by Crippen LogP contribution is 2.23. The third kappa shape index (κ3) is 3.62. The van der Waals surface area contributed by atoms with Crippen molar-refractivity contribution in [2.24, 2.45) is 7.05 Å².